The molecule has 0 atom stereocenters. The van der Waals surface area contributed by atoms with Gasteiger partial charge in [0.15, 0.2) is 0 Å². The molecule has 0 aliphatic rings. The number of hydrogen-bond donors (Lipinski definition) is 2. The summed E-state index contributed by atoms with van der Waals surface area (Å²) in [6, 6.07) is 0. The average molecular weight is 304 g/mol. The molecule has 0 aromatic heterocycles. The summed E-state index contributed by atoms with van der Waals surface area (Å²) in [6.45, 7) is 5.65. The first-order valence-electron chi connectivity index (χ1n) is 3.81. The van der Waals surface area contributed by atoms with E-state index in [9.17, 15) is 16.8 Å². The van der Waals surface area contributed by atoms with Crippen molar-refractivity contribution in [1.82, 2.24) is 0 Å². The quantitative estimate of drug-likeness (QED) is 0.577. The second-order valence-electron chi connectivity index (χ2n) is 3.13. The maximum absolute atomic E-state index is 9.89. The smallest absolute Gasteiger partial charge is 0.285 e. The van der Waals surface area contributed by atoms with Gasteiger partial charge in [0.1, 0.15) is 0 Å². The molecule has 0 heterocycles. The minimum atomic E-state index is -3.74. The van der Waals surface area contributed by atoms with Gasteiger partial charge in [-0.05, 0) is 27.7 Å². The summed E-state index contributed by atoms with van der Waals surface area (Å²) >= 11 is 0. The molecule has 0 rings (SSSR count). The average Bonchev–Trinajstić information content (AvgIpc) is 1.83. The first-order chi connectivity index (χ1) is 5.89. The van der Waals surface area contributed by atoms with E-state index in [2.05, 4.69) is 0 Å². The van der Waals surface area contributed by atoms with Crippen molar-refractivity contribution < 1.29 is 25.9 Å². The standard InChI is InChI=1S/2C3H8O3S.CH4.Ca/c2*1-3(2)7(4,5)6;;/h2*3H,1-2H3,(H,4,5,6);1H4;/q;;;+2. The summed E-state index contributed by atoms with van der Waals surface area (Å²) < 4.78 is 55.7. The molecule has 6 nitrogen and oxygen atoms in total. The fraction of sp³-hybridized carbons (Fsp3) is 1.00. The van der Waals surface area contributed by atoms with Crippen LogP contribution in [0.5, 0.6) is 0 Å². The molecule has 0 bridgehead atoms. The second-order valence-corrected chi connectivity index (χ2v) is 7.07. The number of rotatable bonds is 2. The summed E-state index contributed by atoms with van der Waals surface area (Å²) in [5, 5.41) is -1.35. The molecule has 16 heavy (non-hydrogen) atoms. The molecule has 96 valence electrons. The molecular formula is C7H20CaO6S2+2. The molecule has 0 spiro atoms. The Morgan fingerprint density at radius 1 is 0.750 bits per heavy atom. The van der Waals surface area contributed by atoms with Crippen LogP contribution in [0.2, 0.25) is 0 Å². The van der Waals surface area contributed by atoms with Gasteiger partial charge in [-0.2, -0.15) is 16.8 Å². The van der Waals surface area contributed by atoms with Gasteiger partial charge >= 0.3 is 37.7 Å². The zero-order valence-corrected chi connectivity index (χ0v) is 13.0. The Bertz CT molecular complexity index is 307. The zero-order valence-electron chi connectivity index (χ0n) is 9.21. The number of hydrogen-bond acceptors (Lipinski definition) is 4. The monoisotopic (exact) mass is 304 g/mol. The van der Waals surface area contributed by atoms with Gasteiger partial charge in [0, 0.05) is 0 Å². The van der Waals surface area contributed by atoms with Crippen LogP contribution < -0.4 is 0 Å². The Kier molecular flexibility index (Phi) is 16.2. The molecule has 0 amide bonds. The summed E-state index contributed by atoms with van der Waals surface area (Å²) in [4.78, 5) is 0. The van der Waals surface area contributed by atoms with Crippen molar-refractivity contribution >= 4 is 58.0 Å². The van der Waals surface area contributed by atoms with Gasteiger partial charge in [0.05, 0.1) is 10.5 Å². The Morgan fingerprint density at radius 3 is 0.812 bits per heavy atom. The largest absolute Gasteiger partial charge is 2.00 e. The SMILES string of the molecule is C.CC(C)S(=O)(=O)O.CC(C)S(=O)(=O)O.[Ca+2]. The van der Waals surface area contributed by atoms with E-state index >= 15 is 0 Å². The summed E-state index contributed by atoms with van der Waals surface area (Å²) in [5.41, 5.74) is 0. The van der Waals surface area contributed by atoms with Crippen molar-refractivity contribution in [3.05, 3.63) is 0 Å². The van der Waals surface area contributed by atoms with Crippen molar-refractivity contribution in [2.45, 2.75) is 45.6 Å². The van der Waals surface area contributed by atoms with E-state index in [1.54, 1.807) is 0 Å². The molecule has 9 heteroatoms. The molecule has 0 aliphatic carbocycles. The third-order valence-electron chi connectivity index (χ3n) is 1.19. The van der Waals surface area contributed by atoms with Gasteiger partial charge in [0.2, 0.25) is 0 Å². The molecule has 0 saturated heterocycles. The Labute approximate surface area is 128 Å². The van der Waals surface area contributed by atoms with Crippen LogP contribution in [0.3, 0.4) is 0 Å². The maximum Gasteiger partial charge on any atom is 2.00 e. The van der Waals surface area contributed by atoms with Crippen LogP contribution in [-0.2, 0) is 20.2 Å². The molecule has 0 radical (unpaired) electrons. The fourth-order valence-corrected chi connectivity index (χ4v) is 0. The topological polar surface area (TPSA) is 109 Å². The van der Waals surface area contributed by atoms with Crippen LogP contribution in [0, 0.1) is 0 Å². The van der Waals surface area contributed by atoms with Gasteiger partial charge < -0.3 is 0 Å². The molecule has 0 aliphatic heterocycles. The van der Waals surface area contributed by atoms with Crippen molar-refractivity contribution in [1.29, 1.82) is 0 Å². The minimum Gasteiger partial charge on any atom is -0.285 e. The first-order valence-corrected chi connectivity index (χ1v) is 6.82. The molecule has 0 aromatic rings. The van der Waals surface area contributed by atoms with Gasteiger partial charge in [-0.1, -0.05) is 7.43 Å². The van der Waals surface area contributed by atoms with Gasteiger partial charge in [-0.3, -0.25) is 9.11 Å². The second kappa shape index (κ2) is 10.0. The third kappa shape index (κ3) is 17.5. The van der Waals surface area contributed by atoms with Crippen LogP contribution in [0.1, 0.15) is 35.1 Å². The molecule has 0 aromatic carbocycles. The van der Waals surface area contributed by atoms with E-state index in [-0.39, 0.29) is 45.2 Å². The van der Waals surface area contributed by atoms with Crippen LogP contribution in [0.4, 0.5) is 0 Å². The van der Waals surface area contributed by atoms with Crippen molar-refractivity contribution in [3.63, 3.8) is 0 Å². The Hall–Kier alpha value is 1.08. The van der Waals surface area contributed by atoms with Crippen molar-refractivity contribution in [3.8, 4) is 0 Å². The molecule has 0 saturated carbocycles. The first kappa shape index (κ1) is 25.8. The van der Waals surface area contributed by atoms with E-state index in [1.807, 2.05) is 0 Å². The van der Waals surface area contributed by atoms with Crippen molar-refractivity contribution in [2.75, 3.05) is 0 Å². The van der Waals surface area contributed by atoms with Gasteiger partial charge in [-0.25, -0.2) is 0 Å². The third-order valence-corrected chi connectivity index (χ3v) is 3.57. The maximum atomic E-state index is 9.89. The van der Waals surface area contributed by atoms with Gasteiger partial charge in [0.25, 0.3) is 20.2 Å². The van der Waals surface area contributed by atoms with Crippen molar-refractivity contribution in [2.24, 2.45) is 0 Å². The predicted molar refractivity (Wildman–Crippen MR) is 65.9 cm³/mol. The summed E-state index contributed by atoms with van der Waals surface area (Å²) in [7, 11) is -7.48. The normalized spacial score (nSPS) is 11.0. The predicted octanol–water partition coefficient (Wildman–Crippen LogP) is 0.821. The minimum absolute atomic E-state index is 0. The van der Waals surface area contributed by atoms with E-state index in [1.165, 1.54) is 27.7 Å². The molecule has 2 N–H and O–H groups in total. The zero-order chi connectivity index (χ0) is 12.2. The van der Waals surface area contributed by atoms with Gasteiger partial charge in [-0.15, -0.1) is 0 Å². The molecule has 0 fully saturated rings. The van der Waals surface area contributed by atoms with Crippen LogP contribution in [-0.4, -0.2) is 74.2 Å². The Morgan fingerprint density at radius 2 is 0.812 bits per heavy atom. The van der Waals surface area contributed by atoms with Crippen LogP contribution >= 0.6 is 0 Å². The van der Waals surface area contributed by atoms with E-state index in [0.29, 0.717) is 0 Å². The van der Waals surface area contributed by atoms with E-state index in [4.69, 9.17) is 9.11 Å². The fourth-order valence-electron chi connectivity index (χ4n) is 0. The Balaban J connectivity index is -0.0000000800. The van der Waals surface area contributed by atoms with Crippen LogP contribution in [0.15, 0.2) is 0 Å². The van der Waals surface area contributed by atoms with Crippen LogP contribution in [0.25, 0.3) is 0 Å². The van der Waals surface area contributed by atoms with E-state index < -0.39 is 30.7 Å². The molecular weight excluding hydrogens is 284 g/mol. The summed E-state index contributed by atoms with van der Waals surface area (Å²) in [6.07, 6.45) is 0. The molecule has 0 unspecified atom stereocenters. The van der Waals surface area contributed by atoms with E-state index in [0.717, 1.165) is 0 Å². The summed E-state index contributed by atoms with van der Waals surface area (Å²) in [5.74, 6) is 0.